The van der Waals surface area contributed by atoms with Crippen molar-refractivity contribution in [3.05, 3.63) is 82.4 Å². The maximum Gasteiger partial charge on any atom is 0.161 e. The highest BCUT2D eigenvalue weighted by atomic mass is 16.6. The largest absolute Gasteiger partial charge is 0.486 e. The van der Waals surface area contributed by atoms with Crippen molar-refractivity contribution in [2.24, 2.45) is 0 Å². The van der Waals surface area contributed by atoms with E-state index >= 15 is 0 Å². The number of hydrogen-bond acceptors (Lipinski definition) is 5. The smallest absolute Gasteiger partial charge is 0.161 e. The quantitative estimate of drug-likeness (QED) is 0.599. The van der Waals surface area contributed by atoms with Gasteiger partial charge in [0.2, 0.25) is 0 Å². The van der Waals surface area contributed by atoms with Crippen LogP contribution in [0.4, 0.5) is 0 Å². The van der Waals surface area contributed by atoms with Gasteiger partial charge in [-0.2, -0.15) is 0 Å². The lowest BCUT2D eigenvalue weighted by molar-refractivity contribution is 0.170. The molecular weight excluding hydrogens is 386 g/mol. The maximum atomic E-state index is 5.80. The first-order valence-electron chi connectivity index (χ1n) is 11.2. The van der Waals surface area contributed by atoms with Crippen LogP contribution < -0.4 is 9.47 Å². The molecule has 1 aromatic heterocycles. The van der Waals surface area contributed by atoms with Crippen LogP contribution in [0.1, 0.15) is 52.8 Å². The first-order chi connectivity index (χ1) is 15.1. The van der Waals surface area contributed by atoms with E-state index in [0.717, 1.165) is 48.2 Å². The van der Waals surface area contributed by atoms with Crippen LogP contribution in [0.25, 0.3) is 0 Å². The van der Waals surface area contributed by atoms with Gasteiger partial charge in [-0.25, -0.2) is 9.97 Å². The lowest BCUT2D eigenvalue weighted by atomic mass is 10.0. The standard InChI is InChI=1S/C26H29N3O2/c1-18-14-23(28-19(2)27-18)15-20-5-7-21(8-6-20)17-29-11-3-4-24(29)22-9-10-25-26(16-22)31-13-12-30-25/h5-10,14,16,24H,3-4,11-13,15,17H2,1-2H3. The monoisotopic (exact) mass is 415 g/mol. The third kappa shape index (κ3) is 4.57. The summed E-state index contributed by atoms with van der Waals surface area (Å²) in [5.41, 5.74) is 6.07. The Bertz CT molecular complexity index is 1040. The molecule has 2 aromatic carbocycles. The van der Waals surface area contributed by atoms with Crippen molar-refractivity contribution < 1.29 is 9.47 Å². The Morgan fingerprint density at radius 2 is 1.68 bits per heavy atom. The van der Waals surface area contributed by atoms with Gasteiger partial charge in [-0.3, -0.25) is 4.90 Å². The summed E-state index contributed by atoms with van der Waals surface area (Å²) in [6, 6.07) is 17.9. The Kier molecular flexibility index (Phi) is 5.60. The fourth-order valence-corrected chi connectivity index (χ4v) is 4.75. The van der Waals surface area contributed by atoms with Crippen LogP contribution in [0.15, 0.2) is 48.5 Å². The number of likely N-dealkylation sites (tertiary alicyclic amines) is 1. The number of aryl methyl sites for hydroxylation is 2. The molecule has 0 aliphatic carbocycles. The topological polar surface area (TPSA) is 47.5 Å². The van der Waals surface area contributed by atoms with Crippen LogP contribution >= 0.6 is 0 Å². The zero-order chi connectivity index (χ0) is 21.2. The lowest BCUT2D eigenvalue weighted by Gasteiger charge is -2.26. The van der Waals surface area contributed by atoms with Crippen molar-refractivity contribution in [1.29, 1.82) is 0 Å². The average Bonchev–Trinajstić information content (AvgIpc) is 3.22. The van der Waals surface area contributed by atoms with Gasteiger partial charge in [-0.05, 0) is 68.1 Å². The normalized spacial score (nSPS) is 18.3. The van der Waals surface area contributed by atoms with Gasteiger partial charge in [0.15, 0.2) is 11.5 Å². The minimum Gasteiger partial charge on any atom is -0.486 e. The highest BCUT2D eigenvalue weighted by molar-refractivity contribution is 5.45. The van der Waals surface area contributed by atoms with Gasteiger partial charge in [-0.15, -0.1) is 0 Å². The summed E-state index contributed by atoms with van der Waals surface area (Å²) >= 11 is 0. The average molecular weight is 416 g/mol. The molecule has 2 aliphatic heterocycles. The van der Waals surface area contributed by atoms with Crippen LogP contribution in [0.2, 0.25) is 0 Å². The van der Waals surface area contributed by atoms with Gasteiger partial charge >= 0.3 is 0 Å². The fourth-order valence-electron chi connectivity index (χ4n) is 4.75. The van der Waals surface area contributed by atoms with Crippen molar-refractivity contribution in [3.8, 4) is 11.5 Å². The molecule has 5 rings (SSSR count). The number of rotatable bonds is 5. The molecular formula is C26H29N3O2. The van der Waals surface area contributed by atoms with Gasteiger partial charge in [-0.1, -0.05) is 30.3 Å². The minimum atomic E-state index is 0.433. The minimum absolute atomic E-state index is 0.433. The second-order valence-corrected chi connectivity index (χ2v) is 8.57. The number of nitrogens with zero attached hydrogens (tertiary/aromatic N) is 3. The SMILES string of the molecule is Cc1cc(Cc2ccc(CN3CCCC3c3ccc4c(c3)OCCO4)cc2)nc(C)n1. The lowest BCUT2D eigenvalue weighted by Crippen LogP contribution is -2.23. The van der Waals surface area contributed by atoms with Gasteiger partial charge in [0.25, 0.3) is 0 Å². The van der Waals surface area contributed by atoms with Gasteiger partial charge in [0.05, 0.1) is 0 Å². The molecule has 2 aliphatic rings. The molecule has 0 bridgehead atoms. The van der Waals surface area contributed by atoms with E-state index in [1.165, 1.54) is 29.5 Å². The molecule has 0 spiro atoms. The Morgan fingerprint density at radius 1 is 0.903 bits per heavy atom. The van der Waals surface area contributed by atoms with Crippen molar-refractivity contribution in [2.75, 3.05) is 19.8 Å². The molecule has 0 saturated carbocycles. The van der Waals surface area contributed by atoms with Crippen LogP contribution in [0.3, 0.4) is 0 Å². The predicted octanol–water partition coefficient (Wildman–Crippen LogP) is 4.79. The summed E-state index contributed by atoms with van der Waals surface area (Å²) in [5, 5.41) is 0. The number of benzene rings is 2. The number of ether oxygens (including phenoxy) is 2. The van der Waals surface area contributed by atoms with Gasteiger partial charge in [0, 0.05) is 30.4 Å². The summed E-state index contributed by atoms with van der Waals surface area (Å²) in [6.45, 7) is 7.33. The second-order valence-electron chi connectivity index (χ2n) is 8.57. The number of aromatic nitrogens is 2. The van der Waals surface area contributed by atoms with Crippen LogP contribution in [0, 0.1) is 13.8 Å². The third-order valence-electron chi connectivity index (χ3n) is 6.13. The van der Waals surface area contributed by atoms with E-state index in [2.05, 4.69) is 63.4 Å². The van der Waals surface area contributed by atoms with Crippen LogP contribution in [-0.2, 0) is 13.0 Å². The molecule has 0 radical (unpaired) electrons. The highest BCUT2D eigenvalue weighted by Gasteiger charge is 2.27. The Labute approximate surface area is 184 Å². The summed E-state index contributed by atoms with van der Waals surface area (Å²) in [6.07, 6.45) is 3.25. The molecule has 1 saturated heterocycles. The predicted molar refractivity (Wildman–Crippen MR) is 121 cm³/mol. The molecule has 1 unspecified atom stereocenters. The van der Waals surface area contributed by atoms with E-state index in [4.69, 9.17) is 9.47 Å². The summed E-state index contributed by atoms with van der Waals surface area (Å²) in [5.74, 6) is 2.59. The molecule has 0 amide bonds. The van der Waals surface area contributed by atoms with Crippen molar-refractivity contribution in [3.63, 3.8) is 0 Å². The molecule has 1 atom stereocenters. The fraction of sp³-hybridized carbons (Fsp3) is 0.385. The molecule has 5 heteroatoms. The van der Waals surface area contributed by atoms with E-state index in [-0.39, 0.29) is 0 Å². The maximum absolute atomic E-state index is 5.80. The van der Waals surface area contributed by atoms with E-state index in [1.807, 2.05) is 13.8 Å². The molecule has 3 heterocycles. The van der Waals surface area contributed by atoms with Crippen molar-refractivity contribution in [2.45, 2.75) is 45.7 Å². The Morgan fingerprint density at radius 3 is 2.48 bits per heavy atom. The molecule has 5 nitrogen and oxygen atoms in total. The van der Waals surface area contributed by atoms with E-state index in [0.29, 0.717) is 19.3 Å². The van der Waals surface area contributed by atoms with E-state index < -0.39 is 0 Å². The van der Waals surface area contributed by atoms with Crippen LogP contribution in [0.5, 0.6) is 11.5 Å². The molecule has 0 N–H and O–H groups in total. The Balaban J connectivity index is 1.27. The first-order valence-corrected chi connectivity index (χ1v) is 11.2. The van der Waals surface area contributed by atoms with Crippen molar-refractivity contribution in [1.82, 2.24) is 14.9 Å². The Hall–Kier alpha value is -2.92. The molecule has 160 valence electrons. The van der Waals surface area contributed by atoms with E-state index in [1.54, 1.807) is 0 Å². The van der Waals surface area contributed by atoms with Gasteiger partial charge in [0.1, 0.15) is 19.0 Å². The zero-order valence-corrected chi connectivity index (χ0v) is 18.3. The first kappa shape index (κ1) is 20.0. The molecule has 1 fully saturated rings. The summed E-state index contributed by atoms with van der Waals surface area (Å²) in [4.78, 5) is 11.5. The highest BCUT2D eigenvalue weighted by Crippen LogP contribution is 2.38. The second kappa shape index (κ2) is 8.67. The summed E-state index contributed by atoms with van der Waals surface area (Å²) in [7, 11) is 0. The zero-order valence-electron chi connectivity index (χ0n) is 18.3. The van der Waals surface area contributed by atoms with Gasteiger partial charge < -0.3 is 9.47 Å². The number of hydrogen-bond donors (Lipinski definition) is 0. The third-order valence-corrected chi connectivity index (χ3v) is 6.13. The molecule has 31 heavy (non-hydrogen) atoms. The van der Waals surface area contributed by atoms with E-state index in [9.17, 15) is 0 Å². The number of fused-ring (bicyclic) bond motifs is 1. The van der Waals surface area contributed by atoms with Crippen molar-refractivity contribution >= 4 is 0 Å². The molecule has 3 aromatic rings. The summed E-state index contributed by atoms with van der Waals surface area (Å²) < 4.78 is 11.5. The van der Waals surface area contributed by atoms with Crippen LogP contribution in [-0.4, -0.2) is 34.6 Å².